The lowest BCUT2D eigenvalue weighted by Crippen LogP contribution is -2.50. The van der Waals surface area contributed by atoms with Crippen LogP contribution < -0.4 is 0 Å². The van der Waals surface area contributed by atoms with E-state index in [0.717, 1.165) is 31.6 Å². The van der Waals surface area contributed by atoms with Gasteiger partial charge in [-0.25, -0.2) is 0 Å². The number of fused-ring (bicyclic) bond motifs is 2. The van der Waals surface area contributed by atoms with E-state index in [-0.39, 0.29) is 11.5 Å². The van der Waals surface area contributed by atoms with E-state index in [1.807, 2.05) is 0 Å². The van der Waals surface area contributed by atoms with Crippen molar-refractivity contribution in [1.82, 2.24) is 0 Å². The van der Waals surface area contributed by atoms with E-state index in [9.17, 15) is 5.11 Å². The average molecular weight is 309 g/mol. The molecule has 3 fully saturated rings. The van der Waals surface area contributed by atoms with E-state index in [0.29, 0.717) is 16.9 Å². The Kier molecular flexibility index (Phi) is 3.78. The molecule has 3 aliphatic carbocycles. The molecule has 3 saturated carbocycles. The first-order valence-electron chi connectivity index (χ1n) is 9.37. The molecule has 5 atom stereocenters. The second-order valence-electron chi connectivity index (χ2n) is 10.2. The summed E-state index contributed by atoms with van der Waals surface area (Å²) in [6.45, 7) is 13.8. The van der Waals surface area contributed by atoms with Crippen molar-refractivity contribution >= 4 is 0 Å². The SMILES string of the molecule is CC(C)(C)C1(O)CCCC(OC2CC3CCC2(C)C3(C)C)C1. The topological polar surface area (TPSA) is 29.5 Å². The molecule has 2 heteroatoms. The smallest absolute Gasteiger partial charge is 0.0720 e. The summed E-state index contributed by atoms with van der Waals surface area (Å²) in [5, 5.41) is 11.1. The molecule has 128 valence electrons. The zero-order valence-corrected chi connectivity index (χ0v) is 15.5. The molecule has 0 aromatic carbocycles. The minimum atomic E-state index is -0.566. The predicted octanol–water partition coefficient (Wildman–Crippen LogP) is 4.94. The number of aliphatic hydroxyl groups is 1. The summed E-state index contributed by atoms with van der Waals surface area (Å²) in [4.78, 5) is 0. The standard InChI is InChI=1S/C20H36O2/c1-17(2,3)20(21)10-7-8-15(13-20)22-16-12-14-9-11-19(16,6)18(14,4)5/h14-16,21H,7-13H2,1-6H3. The van der Waals surface area contributed by atoms with Gasteiger partial charge in [-0.2, -0.15) is 0 Å². The molecule has 3 rings (SSSR count). The van der Waals surface area contributed by atoms with E-state index in [1.165, 1.54) is 19.3 Å². The third-order valence-corrected chi connectivity index (χ3v) is 8.15. The van der Waals surface area contributed by atoms with E-state index in [1.54, 1.807) is 0 Å². The lowest BCUT2D eigenvalue weighted by Gasteiger charge is -2.47. The van der Waals surface area contributed by atoms with Crippen LogP contribution in [0.1, 0.15) is 86.5 Å². The monoisotopic (exact) mass is 308 g/mol. The van der Waals surface area contributed by atoms with Gasteiger partial charge in [0.25, 0.3) is 0 Å². The number of hydrogen-bond donors (Lipinski definition) is 1. The van der Waals surface area contributed by atoms with Crippen LogP contribution in [-0.4, -0.2) is 22.9 Å². The van der Waals surface area contributed by atoms with Crippen LogP contribution in [0.3, 0.4) is 0 Å². The second kappa shape index (κ2) is 4.96. The van der Waals surface area contributed by atoms with Gasteiger partial charge in [0.2, 0.25) is 0 Å². The molecule has 0 aromatic heterocycles. The molecule has 0 amide bonds. The average Bonchev–Trinajstić information content (AvgIpc) is 2.71. The van der Waals surface area contributed by atoms with Crippen LogP contribution in [0, 0.1) is 22.2 Å². The van der Waals surface area contributed by atoms with Crippen molar-refractivity contribution in [3.8, 4) is 0 Å². The van der Waals surface area contributed by atoms with Gasteiger partial charge in [0.05, 0.1) is 17.8 Å². The largest absolute Gasteiger partial charge is 0.389 e. The quantitative estimate of drug-likeness (QED) is 0.783. The fourth-order valence-electron chi connectivity index (χ4n) is 5.57. The minimum absolute atomic E-state index is 0.0626. The molecule has 0 aliphatic heterocycles. The number of rotatable bonds is 2. The summed E-state index contributed by atoms with van der Waals surface area (Å²) >= 11 is 0. The van der Waals surface area contributed by atoms with Crippen LogP contribution in [0.5, 0.6) is 0 Å². The lowest BCUT2D eigenvalue weighted by molar-refractivity contribution is -0.159. The molecule has 3 aliphatic rings. The Hall–Kier alpha value is -0.0800. The molecular weight excluding hydrogens is 272 g/mol. The molecule has 0 aromatic rings. The Morgan fingerprint density at radius 1 is 1.05 bits per heavy atom. The Morgan fingerprint density at radius 2 is 1.73 bits per heavy atom. The van der Waals surface area contributed by atoms with Crippen molar-refractivity contribution in [2.24, 2.45) is 22.2 Å². The minimum Gasteiger partial charge on any atom is -0.389 e. The Morgan fingerprint density at radius 3 is 2.23 bits per heavy atom. The second-order valence-corrected chi connectivity index (χ2v) is 10.2. The normalized spacial score (nSPS) is 47.9. The van der Waals surface area contributed by atoms with Crippen molar-refractivity contribution < 1.29 is 9.84 Å². The van der Waals surface area contributed by atoms with Crippen LogP contribution in [0.2, 0.25) is 0 Å². The van der Waals surface area contributed by atoms with Gasteiger partial charge in [-0.1, -0.05) is 41.5 Å². The molecule has 0 saturated heterocycles. The number of hydrogen-bond acceptors (Lipinski definition) is 2. The summed E-state index contributed by atoms with van der Waals surface area (Å²) in [5.74, 6) is 0.826. The van der Waals surface area contributed by atoms with Crippen LogP contribution in [0.15, 0.2) is 0 Å². The van der Waals surface area contributed by atoms with Gasteiger partial charge in [-0.3, -0.25) is 0 Å². The highest BCUT2D eigenvalue weighted by molar-refractivity contribution is 5.11. The van der Waals surface area contributed by atoms with Crippen molar-refractivity contribution in [1.29, 1.82) is 0 Å². The third kappa shape index (κ3) is 2.28. The highest BCUT2D eigenvalue weighted by atomic mass is 16.5. The first-order valence-corrected chi connectivity index (χ1v) is 9.37. The summed E-state index contributed by atoms with van der Waals surface area (Å²) < 4.78 is 6.66. The molecule has 0 heterocycles. The van der Waals surface area contributed by atoms with Gasteiger partial charge in [0.15, 0.2) is 0 Å². The Balaban J connectivity index is 1.70. The summed E-state index contributed by atoms with van der Waals surface area (Å²) in [7, 11) is 0. The van der Waals surface area contributed by atoms with Gasteiger partial charge in [0, 0.05) is 6.42 Å². The van der Waals surface area contributed by atoms with E-state index < -0.39 is 5.60 Å². The van der Waals surface area contributed by atoms with Crippen LogP contribution in [-0.2, 0) is 4.74 Å². The summed E-state index contributed by atoms with van der Waals surface area (Å²) in [6.07, 6.45) is 8.51. The van der Waals surface area contributed by atoms with Crippen molar-refractivity contribution in [3.63, 3.8) is 0 Å². The zero-order chi connectivity index (χ0) is 16.4. The zero-order valence-electron chi connectivity index (χ0n) is 15.5. The molecule has 2 bridgehead atoms. The highest BCUT2D eigenvalue weighted by Crippen LogP contribution is 2.66. The maximum absolute atomic E-state index is 11.1. The van der Waals surface area contributed by atoms with Crippen LogP contribution >= 0.6 is 0 Å². The van der Waals surface area contributed by atoms with Gasteiger partial charge in [0.1, 0.15) is 0 Å². The maximum atomic E-state index is 11.1. The summed E-state index contributed by atoms with van der Waals surface area (Å²) in [6, 6.07) is 0. The Bertz CT molecular complexity index is 435. The first kappa shape index (κ1) is 16.8. The van der Waals surface area contributed by atoms with E-state index >= 15 is 0 Å². The van der Waals surface area contributed by atoms with Crippen molar-refractivity contribution in [3.05, 3.63) is 0 Å². The maximum Gasteiger partial charge on any atom is 0.0720 e. The van der Waals surface area contributed by atoms with E-state index in [4.69, 9.17) is 4.74 Å². The highest BCUT2D eigenvalue weighted by Gasteiger charge is 2.62. The fraction of sp³-hybridized carbons (Fsp3) is 1.00. The van der Waals surface area contributed by atoms with Crippen molar-refractivity contribution in [2.75, 3.05) is 0 Å². The molecule has 5 unspecified atom stereocenters. The molecule has 2 nitrogen and oxygen atoms in total. The Labute approximate surface area is 137 Å². The van der Waals surface area contributed by atoms with Crippen molar-refractivity contribution in [2.45, 2.75) is 104 Å². The number of ether oxygens (including phenoxy) is 1. The van der Waals surface area contributed by atoms with Crippen LogP contribution in [0.25, 0.3) is 0 Å². The molecule has 22 heavy (non-hydrogen) atoms. The van der Waals surface area contributed by atoms with Gasteiger partial charge in [-0.05, 0) is 60.7 Å². The van der Waals surface area contributed by atoms with Gasteiger partial charge in [-0.15, -0.1) is 0 Å². The summed E-state index contributed by atoms with van der Waals surface area (Å²) in [5.41, 5.74) is 0.110. The molecule has 1 N–H and O–H groups in total. The first-order chi connectivity index (χ1) is 10.00. The molecule has 0 radical (unpaired) electrons. The van der Waals surface area contributed by atoms with E-state index in [2.05, 4.69) is 41.5 Å². The van der Waals surface area contributed by atoms with Gasteiger partial charge < -0.3 is 9.84 Å². The predicted molar refractivity (Wildman–Crippen MR) is 90.8 cm³/mol. The third-order valence-electron chi connectivity index (χ3n) is 8.15. The fourth-order valence-corrected chi connectivity index (χ4v) is 5.57. The van der Waals surface area contributed by atoms with Gasteiger partial charge >= 0.3 is 0 Å². The van der Waals surface area contributed by atoms with Crippen LogP contribution in [0.4, 0.5) is 0 Å². The lowest BCUT2D eigenvalue weighted by atomic mass is 9.67. The molecular formula is C20H36O2. The molecule has 0 spiro atoms.